The fraction of sp³-hybridized carbons (Fsp3) is 0.633. The molecule has 0 N–H and O–H groups in total. The van der Waals surface area contributed by atoms with Crippen LogP contribution in [0.4, 0.5) is 0 Å². The molecule has 0 heterocycles. The summed E-state index contributed by atoms with van der Waals surface area (Å²) in [4.78, 5) is 0. The van der Waals surface area contributed by atoms with E-state index in [1.807, 2.05) is 18.2 Å². The third-order valence-electron chi connectivity index (χ3n) is 8.01. The lowest BCUT2D eigenvalue weighted by molar-refractivity contribution is 0.157. The zero-order valence-corrected chi connectivity index (χ0v) is 19.8. The summed E-state index contributed by atoms with van der Waals surface area (Å²) in [5.74, 6) is 3.71. The predicted molar refractivity (Wildman–Crippen MR) is 133 cm³/mol. The summed E-state index contributed by atoms with van der Waals surface area (Å²) in [7, 11) is 0. The smallest absolute Gasteiger partial charge is 0.0912 e. The molecule has 0 spiro atoms. The maximum atomic E-state index is 8.50. The number of benzene rings is 1. The minimum atomic E-state index is 0.805. The average Bonchev–Trinajstić information content (AvgIpc) is 2.82. The zero-order valence-electron chi connectivity index (χ0n) is 19.8. The number of rotatable bonds is 10. The summed E-state index contributed by atoms with van der Waals surface area (Å²) in [6.45, 7) is 2.28. The van der Waals surface area contributed by atoms with E-state index in [0.717, 1.165) is 30.1 Å². The number of allylic oxidation sites excluding steroid dienone is 4. The van der Waals surface area contributed by atoms with Crippen molar-refractivity contribution in [3.63, 3.8) is 0 Å². The first-order chi connectivity index (χ1) is 15.3. The van der Waals surface area contributed by atoms with Crippen LogP contribution in [0.5, 0.6) is 0 Å². The highest BCUT2D eigenvalue weighted by molar-refractivity contribution is 5.26. The van der Waals surface area contributed by atoms with Gasteiger partial charge >= 0.3 is 0 Å². The molecular weight excluding hydrogens is 374 g/mol. The third-order valence-corrected chi connectivity index (χ3v) is 8.01. The van der Waals surface area contributed by atoms with E-state index in [1.54, 1.807) is 11.6 Å². The second-order valence-corrected chi connectivity index (χ2v) is 10.1. The van der Waals surface area contributed by atoms with E-state index in [4.69, 9.17) is 5.26 Å². The Morgan fingerprint density at radius 2 is 1.55 bits per heavy atom. The van der Waals surface area contributed by atoms with Crippen LogP contribution in [0.25, 0.3) is 0 Å². The Kier molecular flexibility index (Phi) is 10.4. The van der Waals surface area contributed by atoms with Gasteiger partial charge in [0.25, 0.3) is 0 Å². The van der Waals surface area contributed by atoms with Crippen LogP contribution in [0.15, 0.2) is 48.6 Å². The molecule has 0 radical (unpaired) electrons. The highest BCUT2D eigenvalue weighted by Gasteiger charge is 2.31. The lowest BCUT2D eigenvalue weighted by Gasteiger charge is -2.38. The summed E-state index contributed by atoms with van der Waals surface area (Å²) in [5.41, 5.74) is 3.12. The van der Waals surface area contributed by atoms with Crippen molar-refractivity contribution < 1.29 is 0 Å². The Bertz CT molecular complexity index is 704. The molecule has 0 aromatic heterocycles. The van der Waals surface area contributed by atoms with Gasteiger partial charge in [-0.3, -0.25) is 0 Å². The average molecular weight is 418 g/mol. The normalized spacial score (nSPS) is 27.0. The Hall–Kier alpha value is -1.81. The van der Waals surface area contributed by atoms with Crippen molar-refractivity contribution in [3.8, 4) is 6.07 Å². The number of hydrogen-bond donors (Lipinski definition) is 0. The van der Waals surface area contributed by atoms with Gasteiger partial charge in [-0.1, -0.05) is 75.1 Å². The lowest BCUT2D eigenvalue weighted by Crippen LogP contribution is -2.25. The largest absolute Gasteiger partial charge is 0.193 e. The quantitative estimate of drug-likeness (QED) is 0.212. The summed E-state index contributed by atoms with van der Waals surface area (Å²) >= 11 is 0. The Morgan fingerprint density at radius 1 is 0.871 bits per heavy atom. The van der Waals surface area contributed by atoms with Crippen LogP contribution in [-0.2, 0) is 6.42 Å². The van der Waals surface area contributed by atoms with E-state index < -0.39 is 0 Å². The molecule has 1 aromatic rings. The van der Waals surface area contributed by atoms with Gasteiger partial charge in [-0.2, -0.15) is 5.26 Å². The SMILES string of the molecule is CCCCCc1ccc(C2CCC(C3CCC(CCC=CC=CC#N)CC3)CC2)cc1. The van der Waals surface area contributed by atoms with Crippen LogP contribution in [0.2, 0.25) is 0 Å². The molecule has 0 bridgehead atoms. The molecule has 2 saturated carbocycles. The van der Waals surface area contributed by atoms with Crippen molar-refractivity contribution in [2.45, 2.75) is 103 Å². The van der Waals surface area contributed by atoms with Gasteiger partial charge in [-0.05, 0) is 99.0 Å². The minimum absolute atomic E-state index is 0.805. The van der Waals surface area contributed by atoms with Crippen molar-refractivity contribution in [1.29, 1.82) is 5.26 Å². The van der Waals surface area contributed by atoms with Crippen molar-refractivity contribution >= 4 is 0 Å². The molecule has 0 saturated heterocycles. The number of hydrogen-bond acceptors (Lipinski definition) is 1. The minimum Gasteiger partial charge on any atom is -0.193 e. The Balaban J connectivity index is 1.34. The molecule has 0 amide bonds. The van der Waals surface area contributed by atoms with Crippen LogP contribution in [-0.4, -0.2) is 0 Å². The number of nitrogens with zero attached hydrogens (tertiary/aromatic N) is 1. The van der Waals surface area contributed by atoms with Crippen LogP contribution in [0.3, 0.4) is 0 Å². The van der Waals surface area contributed by atoms with E-state index >= 15 is 0 Å². The van der Waals surface area contributed by atoms with Gasteiger partial charge in [-0.15, -0.1) is 0 Å². The van der Waals surface area contributed by atoms with E-state index in [9.17, 15) is 0 Å². The molecule has 2 aliphatic carbocycles. The highest BCUT2D eigenvalue weighted by Crippen LogP contribution is 2.44. The number of aryl methyl sites for hydroxylation is 1. The number of nitriles is 1. The van der Waals surface area contributed by atoms with E-state index in [0.29, 0.717) is 0 Å². The summed E-state index contributed by atoms with van der Waals surface area (Å²) in [6, 6.07) is 11.7. The van der Waals surface area contributed by atoms with E-state index in [2.05, 4.69) is 37.3 Å². The molecule has 0 aliphatic heterocycles. The maximum Gasteiger partial charge on any atom is 0.0912 e. The third kappa shape index (κ3) is 7.99. The maximum absolute atomic E-state index is 8.50. The van der Waals surface area contributed by atoms with Gasteiger partial charge in [0.15, 0.2) is 0 Å². The molecule has 1 aromatic carbocycles. The van der Waals surface area contributed by atoms with Gasteiger partial charge in [0, 0.05) is 6.08 Å². The van der Waals surface area contributed by atoms with E-state index in [-0.39, 0.29) is 0 Å². The highest BCUT2D eigenvalue weighted by atomic mass is 14.4. The van der Waals surface area contributed by atoms with Crippen molar-refractivity contribution in [2.24, 2.45) is 17.8 Å². The van der Waals surface area contributed by atoms with Gasteiger partial charge in [0.1, 0.15) is 0 Å². The molecule has 3 rings (SSSR count). The van der Waals surface area contributed by atoms with Crippen LogP contribution in [0, 0.1) is 29.1 Å². The lowest BCUT2D eigenvalue weighted by atomic mass is 9.68. The standard InChI is InChI=1S/C30H43N/c1-2-3-7-10-25-12-16-27(17-13-25)29-20-22-30(23-21-29)28-18-14-26(15-19-28)11-8-5-4-6-9-24-31/h4-6,9,12-13,16-17,26,28-30H,2-3,7-8,10-11,14-15,18-23H2,1H3. The predicted octanol–water partition coefficient (Wildman–Crippen LogP) is 8.92. The van der Waals surface area contributed by atoms with Crippen LogP contribution in [0.1, 0.15) is 107 Å². The molecule has 1 nitrogen and oxygen atoms in total. The molecule has 31 heavy (non-hydrogen) atoms. The molecule has 2 fully saturated rings. The topological polar surface area (TPSA) is 23.8 Å². The second-order valence-electron chi connectivity index (χ2n) is 10.1. The van der Waals surface area contributed by atoms with Gasteiger partial charge in [0.05, 0.1) is 6.07 Å². The first-order valence-corrected chi connectivity index (χ1v) is 13.1. The summed E-state index contributed by atoms with van der Waals surface area (Å²) in [5, 5.41) is 8.50. The fourth-order valence-electron chi connectivity index (χ4n) is 6.01. The van der Waals surface area contributed by atoms with Crippen molar-refractivity contribution in [1.82, 2.24) is 0 Å². The molecule has 1 heteroatoms. The molecule has 168 valence electrons. The monoisotopic (exact) mass is 417 g/mol. The van der Waals surface area contributed by atoms with Crippen LogP contribution < -0.4 is 0 Å². The van der Waals surface area contributed by atoms with Crippen LogP contribution >= 0.6 is 0 Å². The molecule has 2 aliphatic rings. The summed E-state index contributed by atoms with van der Waals surface area (Å²) < 4.78 is 0. The van der Waals surface area contributed by atoms with Crippen molar-refractivity contribution in [2.75, 3.05) is 0 Å². The zero-order chi connectivity index (χ0) is 21.7. The van der Waals surface area contributed by atoms with Gasteiger partial charge < -0.3 is 0 Å². The van der Waals surface area contributed by atoms with Crippen molar-refractivity contribution in [3.05, 3.63) is 59.7 Å². The first kappa shape index (κ1) is 23.8. The van der Waals surface area contributed by atoms with Gasteiger partial charge in [0.2, 0.25) is 0 Å². The first-order valence-electron chi connectivity index (χ1n) is 13.1. The fourth-order valence-corrected chi connectivity index (χ4v) is 6.01. The van der Waals surface area contributed by atoms with Gasteiger partial charge in [-0.25, -0.2) is 0 Å². The second kappa shape index (κ2) is 13.6. The Morgan fingerprint density at radius 3 is 2.19 bits per heavy atom. The molecular formula is C30H43N. The Labute approximate surface area is 191 Å². The number of unbranched alkanes of at least 4 members (excludes halogenated alkanes) is 2. The molecule has 0 unspecified atom stereocenters. The van der Waals surface area contributed by atoms with E-state index in [1.165, 1.54) is 89.0 Å². The molecule has 0 atom stereocenters. The summed E-state index contributed by atoms with van der Waals surface area (Å²) in [6.07, 6.45) is 26.9.